The molecule has 0 aliphatic rings. The molecular formula is C17H18O3. The maximum atomic E-state index is 11.8. The first-order chi connectivity index (χ1) is 9.50. The summed E-state index contributed by atoms with van der Waals surface area (Å²) in [7, 11) is 1.30. The van der Waals surface area contributed by atoms with Gasteiger partial charge in [0, 0.05) is 0 Å². The molecule has 3 heteroatoms. The number of methoxy groups -OCH3 is 1. The van der Waals surface area contributed by atoms with Gasteiger partial charge < -0.3 is 9.84 Å². The van der Waals surface area contributed by atoms with E-state index in [1.54, 1.807) is 6.92 Å². The Hall–Kier alpha value is -2.13. The second-order valence-corrected chi connectivity index (χ2v) is 4.95. The quantitative estimate of drug-likeness (QED) is 0.686. The molecule has 3 nitrogen and oxygen atoms in total. The van der Waals surface area contributed by atoms with Gasteiger partial charge in [-0.1, -0.05) is 42.5 Å². The summed E-state index contributed by atoms with van der Waals surface area (Å²) in [6.07, 6.45) is 1.42. The second-order valence-electron chi connectivity index (χ2n) is 4.95. The normalized spacial score (nSPS) is 15.3. The van der Waals surface area contributed by atoms with E-state index >= 15 is 0 Å². The number of aliphatic hydroxyl groups is 1. The van der Waals surface area contributed by atoms with E-state index in [0.717, 1.165) is 10.8 Å². The van der Waals surface area contributed by atoms with Gasteiger partial charge in [-0.05, 0) is 29.3 Å². The Kier molecular flexibility index (Phi) is 3.91. The van der Waals surface area contributed by atoms with Crippen molar-refractivity contribution in [3.05, 3.63) is 60.7 Å². The smallest absolute Gasteiger partial charge is 0.315 e. The van der Waals surface area contributed by atoms with Crippen LogP contribution in [0.5, 0.6) is 0 Å². The molecule has 0 radical (unpaired) electrons. The molecular weight excluding hydrogens is 252 g/mol. The predicted octanol–water partition coefficient (Wildman–Crippen LogP) is 3.02. The minimum Gasteiger partial charge on any atom is -0.468 e. The van der Waals surface area contributed by atoms with Gasteiger partial charge in [-0.3, -0.25) is 4.79 Å². The van der Waals surface area contributed by atoms with Crippen molar-refractivity contribution in [3.63, 3.8) is 0 Å². The summed E-state index contributed by atoms with van der Waals surface area (Å²) in [5.74, 6) is -1.31. The van der Waals surface area contributed by atoms with Crippen LogP contribution in [0.1, 0.15) is 12.5 Å². The Morgan fingerprint density at radius 3 is 2.55 bits per heavy atom. The molecule has 0 aromatic heterocycles. The number of esters is 1. The highest BCUT2D eigenvalue weighted by Crippen LogP contribution is 2.32. The lowest BCUT2D eigenvalue weighted by Crippen LogP contribution is -2.36. The van der Waals surface area contributed by atoms with Gasteiger partial charge in [-0.15, -0.1) is 6.58 Å². The zero-order valence-electron chi connectivity index (χ0n) is 11.7. The standard InChI is InChI=1S/C17H18O3/c1-4-15(16(18)20-3)17(2,19)14-10-9-12-7-5-6-8-13(12)11-14/h4-11,15,19H,1H2,2-3H3/t15-,17?/m0/s1. The van der Waals surface area contributed by atoms with Crippen LogP contribution in [0.15, 0.2) is 55.1 Å². The van der Waals surface area contributed by atoms with Crippen LogP contribution in [0, 0.1) is 5.92 Å². The van der Waals surface area contributed by atoms with Gasteiger partial charge in [0.2, 0.25) is 0 Å². The summed E-state index contributed by atoms with van der Waals surface area (Å²) < 4.78 is 4.73. The van der Waals surface area contributed by atoms with Gasteiger partial charge in [-0.2, -0.15) is 0 Å². The summed E-state index contributed by atoms with van der Waals surface area (Å²) in [4.78, 5) is 11.8. The van der Waals surface area contributed by atoms with E-state index in [1.165, 1.54) is 13.2 Å². The minimum absolute atomic E-state index is 0.502. The summed E-state index contributed by atoms with van der Waals surface area (Å²) in [6, 6.07) is 13.5. The third-order valence-electron chi connectivity index (χ3n) is 3.63. The van der Waals surface area contributed by atoms with Crippen molar-refractivity contribution in [2.45, 2.75) is 12.5 Å². The van der Waals surface area contributed by atoms with Gasteiger partial charge in [0.15, 0.2) is 0 Å². The van der Waals surface area contributed by atoms with Crippen molar-refractivity contribution in [1.82, 2.24) is 0 Å². The molecule has 0 fully saturated rings. The van der Waals surface area contributed by atoms with E-state index in [2.05, 4.69) is 6.58 Å². The zero-order chi connectivity index (χ0) is 14.8. The Balaban J connectivity index is 2.49. The molecule has 0 aliphatic heterocycles. The van der Waals surface area contributed by atoms with Gasteiger partial charge in [-0.25, -0.2) is 0 Å². The van der Waals surface area contributed by atoms with Gasteiger partial charge in [0.1, 0.15) is 11.5 Å². The fraction of sp³-hybridized carbons (Fsp3) is 0.235. The van der Waals surface area contributed by atoms with Gasteiger partial charge in [0.25, 0.3) is 0 Å². The van der Waals surface area contributed by atoms with E-state index in [4.69, 9.17) is 4.74 Å². The van der Waals surface area contributed by atoms with Crippen molar-refractivity contribution in [1.29, 1.82) is 0 Å². The molecule has 104 valence electrons. The van der Waals surface area contributed by atoms with Crippen LogP contribution in [0.3, 0.4) is 0 Å². The minimum atomic E-state index is -1.36. The summed E-state index contributed by atoms with van der Waals surface area (Å²) in [5, 5.41) is 12.8. The first-order valence-electron chi connectivity index (χ1n) is 6.42. The molecule has 2 aromatic rings. The molecule has 2 aromatic carbocycles. The van der Waals surface area contributed by atoms with Crippen LogP contribution in [-0.2, 0) is 15.1 Å². The van der Waals surface area contributed by atoms with Crippen molar-refractivity contribution in [3.8, 4) is 0 Å². The van der Waals surface area contributed by atoms with Gasteiger partial charge in [0.05, 0.1) is 7.11 Å². The lowest BCUT2D eigenvalue weighted by Gasteiger charge is -2.29. The summed E-state index contributed by atoms with van der Waals surface area (Å²) in [6.45, 7) is 5.22. The fourth-order valence-electron chi connectivity index (χ4n) is 2.37. The highest BCUT2D eigenvalue weighted by atomic mass is 16.5. The largest absolute Gasteiger partial charge is 0.468 e. The first-order valence-corrected chi connectivity index (χ1v) is 6.42. The van der Waals surface area contributed by atoms with Crippen LogP contribution in [0.25, 0.3) is 10.8 Å². The molecule has 0 aliphatic carbocycles. The Bertz CT molecular complexity index is 643. The molecule has 0 amide bonds. The molecule has 1 unspecified atom stereocenters. The number of hydrogen-bond acceptors (Lipinski definition) is 3. The fourth-order valence-corrected chi connectivity index (χ4v) is 2.37. The van der Waals surface area contributed by atoms with Crippen LogP contribution < -0.4 is 0 Å². The number of carbonyl (C=O) groups excluding carboxylic acids is 1. The third-order valence-corrected chi connectivity index (χ3v) is 3.63. The highest BCUT2D eigenvalue weighted by molar-refractivity contribution is 5.84. The molecule has 0 spiro atoms. The van der Waals surface area contributed by atoms with Crippen molar-refractivity contribution in [2.75, 3.05) is 7.11 Å². The number of ether oxygens (including phenoxy) is 1. The lowest BCUT2D eigenvalue weighted by atomic mass is 9.82. The van der Waals surface area contributed by atoms with Crippen molar-refractivity contribution < 1.29 is 14.6 Å². The number of rotatable bonds is 4. The number of hydrogen-bond donors (Lipinski definition) is 1. The second kappa shape index (κ2) is 5.47. The number of fused-ring (bicyclic) bond motifs is 1. The molecule has 0 heterocycles. The summed E-state index contributed by atoms with van der Waals surface area (Å²) in [5.41, 5.74) is -0.703. The highest BCUT2D eigenvalue weighted by Gasteiger charge is 2.37. The van der Waals surface area contributed by atoms with Crippen molar-refractivity contribution >= 4 is 16.7 Å². The zero-order valence-corrected chi connectivity index (χ0v) is 11.7. The van der Waals surface area contributed by atoms with Crippen molar-refractivity contribution in [2.24, 2.45) is 5.92 Å². The maximum Gasteiger partial charge on any atom is 0.315 e. The van der Waals surface area contributed by atoms with E-state index in [0.29, 0.717) is 5.56 Å². The Labute approximate surface area is 118 Å². The lowest BCUT2D eigenvalue weighted by molar-refractivity contribution is -0.152. The number of carbonyl (C=O) groups is 1. The maximum absolute atomic E-state index is 11.8. The molecule has 20 heavy (non-hydrogen) atoms. The first kappa shape index (κ1) is 14.3. The SMILES string of the molecule is C=C[C@@H](C(=O)OC)C(C)(O)c1ccc2ccccc2c1. The molecule has 2 rings (SSSR count). The monoisotopic (exact) mass is 270 g/mol. The van der Waals surface area contributed by atoms with E-state index in [-0.39, 0.29) is 0 Å². The average molecular weight is 270 g/mol. The molecule has 0 saturated carbocycles. The number of benzene rings is 2. The summed E-state index contributed by atoms with van der Waals surface area (Å²) >= 11 is 0. The molecule has 0 saturated heterocycles. The molecule has 0 bridgehead atoms. The predicted molar refractivity (Wildman–Crippen MR) is 79.2 cm³/mol. The third kappa shape index (κ3) is 2.45. The van der Waals surface area contributed by atoms with Crippen LogP contribution in [-0.4, -0.2) is 18.2 Å². The van der Waals surface area contributed by atoms with E-state index in [9.17, 15) is 9.90 Å². The van der Waals surface area contributed by atoms with Crippen LogP contribution >= 0.6 is 0 Å². The average Bonchev–Trinajstić information content (AvgIpc) is 2.46. The van der Waals surface area contributed by atoms with Gasteiger partial charge >= 0.3 is 5.97 Å². The van der Waals surface area contributed by atoms with E-state index < -0.39 is 17.5 Å². The Morgan fingerprint density at radius 1 is 1.30 bits per heavy atom. The van der Waals surface area contributed by atoms with Crippen LogP contribution in [0.4, 0.5) is 0 Å². The molecule has 1 N–H and O–H groups in total. The van der Waals surface area contributed by atoms with E-state index in [1.807, 2.05) is 42.5 Å². The van der Waals surface area contributed by atoms with Crippen LogP contribution in [0.2, 0.25) is 0 Å². The molecule has 2 atom stereocenters. The topological polar surface area (TPSA) is 46.5 Å². The Morgan fingerprint density at radius 2 is 1.95 bits per heavy atom.